The number of nitrogens with zero attached hydrogens (tertiary/aromatic N) is 4. The minimum absolute atomic E-state index is 0.0417. The van der Waals surface area contributed by atoms with Crippen LogP contribution in [0.15, 0.2) is 48.5 Å². The first kappa shape index (κ1) is 19.4. The van der Waals surface area contributed by atoms with Crippen molar-refractivity contribution in [3.05, 3.63) is 70.9 Å². The summed E-state index contributed by atoms with van der Waals surface area (Å²) in [6.07, 6.45) is 1.12. The third kappa shape index (κ3) is 3.91. The number of amides is 1. The van der Waals surface area contributed by atoms with Gasteiger partial charge in [0.15, 0.2) is 5.82 Å². The summed E-state index contributed by atoms with van der Waals surface area (Å²) in [5.74, 6) is 1.27. The lowest BCUT2D eigenvalue weighted by molar-refractivity contribution is -0.115. The fourth-order valence-corrected chi connectivity index (χ4v) is 4.26. The molecule has 1 aromatic heterocycles. The molecule has 5 rings (SSSR count). The second kappa shape index (κ2) is 7.91. The molecular weight excluding hydrogens is 388 g/mol. The average molecular weight is 415 g/mol. The number of hydrogen-bond acceptors (Lipinski definition) is 6. The first-order chi connectivity index (χ1) is 15.1. The molecule has 0 fully saturated rings. The summed E-state index contributed by atoms with van der Waals surface area (Å²) in [5.41, 5.74) is 6.72. The van der Waals surface area contributed by atoms with Crippen LogP contribution in [0.2, 0.25) is 0 Å². The predicted octanol–water partition coefficient (Wildman–Crippen LogP) is 3.35. The minimum Gasteiger partial charge on any atom is -0.367 e. The SMILES string of the molecule is Cc1nc(NCc2ccc(CN3CCc4ccccc43)cc2)nc2c1NC(=O)CN2C. The van der Waals surface area contributed by atoms with Crippen LogP contribution in [-0.2, 0) is 24.3 Å². The Bertz CT molecular complexity index is 1130. The van der Waals surface area contributed by atoms with Gasteiger partial charge in [-0.1, -0.05) is 42.5 Å². The van der Waals surface area contributed by atoms with Gasteiger partial charge in [0.2, 0.25) is 11.9 Å². The molecule has 1 amide bonds. The number of hydrogen-bond donors (Lipinski definition) is 2. The topological polar surface area (TPSA) is 73.4 Å². The quantitative estimate of drug-likeness (QED) is 0.667. The van der Waals surface area contributed by atoms with Crippen LogP contribution in [-0.4, -0.2) is 36.0 Å². The first-order valence-electron chi connectivity index (χ1n) is 10.6. The number of para-hydroxylation sites is 1. The van der Waals surface area contributed by atoms with Crippen molar-refractivity contribution in [2.24, 2.45) is 0 Å². The summed E-state index contributed by atoms with van der Waals surface area (Å²) >= 11 is 0. The molecule has 2 aromatic carbocycles. The van der Waals surface area contributed by atoms with Gasteiger partial charge in [-0.25, -0.2) is 4.98 Å². The molecule has 3 heterocycles. The van der Waals surface area contributed by atoms with E-state index >= 15 is 0 Å². The fourth-order valence-electron chi connectivity index (χ4n) is 4.26. The Hall–Kier alpha value is -3.61. The van der Waals surface area contributed by atoms with Gasteiger partial charge in [0.05, 0.1) is 12.2 Å². The van der Waals surface area contributed by atoms with Crippen molar-refractivity contribution in [1.29, 1.82) is 0 Å². The van der Waals surface area contributed by atoms with Gasteiger partial charge < -0.3 is 20.4 Å². The van der Waals surface area contributed by atoms with Crippen LogP contribution in [0.25, 0.3) is 0 Å². The number of carbonyl (C=O) groups is 1. The molecule has 2 N–H and O–H groups in total. The van der Waals surface area contributed by atoms with E-state index in [4.69, 9.17) is 0 Å². The second-order valence-corrected chi connectivity index (χ2v) is 8.21. The van der Waals surface area contributed by atoms with E-state index in [-0.39, 0.29) is 5.91 Å². The standard InChI is InChI=1S/C24H26N6O/c1-16-22-23(29(2)15-21(31)27-22)28-24(26-16)25-13-17-7-9-18(10-8-17)14-30-12-11-19-5-3-4-6-20(19)30/h3-10H,11-15H2,1-2H3,(H,27,31)(H,25,26,28). The van der Waals surface area contributed by atoms with Gasteiger partial charge in [0, 0.05) is 32.4 Å². The predicted molar refractivity (Wildman–Crippen MR) is 124 cm³/mol. The highest BCUT2D eigenvalue weighted by molar-refractivity contribution is 6.00. The van der Waals surface area contributed by atoms with E-state index < -0.39 is 0 Å². The Balaban J connectivity index is 1.24. The molecule has 0 atom stereocenters. The lowest BCUT2D eigenvalue weighted by Gasteiger charge is -2.27. The summed E-state index contributed by atoms with van der Waals surface area (Å²) in [6, 6.07) is 17.4. The second-order valence-electron chi connectivity index (χ2n) is 8.21. The molecule has 7 nitrogen and oxygen atoms in total. The lowest BCUT2D eigenvalue weighted by atomic mass is 10.1. The minimum atomic E-state index is -0.0417. The van der Waals surface area contributed by atoms with Gasteiger partial charge in [0.25, 0.3) is 0 Å². The Morgan fingerprint density at radius 2 is 1.84 bits per heavy atom. The number of rotatable bonds is 5. The van der Waals surface area contributed by atoms with Crippen molar-refractivity contribution >= 4 is 29.0 Å². The fraction of sp³-hybridized carbons (Fsp3) is 0.292. The monoisotopic (exact) mass is 414 g/mol. The summed E-state index contributed by atoms with van der Waals surface area (Å²) in [4.78, 5) is 25.1. The molecule has 2 aliphatic rings. The van der Waals surface area contributed by atoms with Crippen LogP contribution in [0.1, 0.15) is 22.4 Å². The van der Waals surface area contributed by atoms with Crippen molar-refractivity contribution in [3.8, 4) is 0 Å². The number of carbonyl (C=O) groups excluding carboxylic acids is 1. The summed E-state index contributed by atoms with van der Waals surface area (Å²) in [7, 11) is 1.87. The lowest BCUT2D eigenvalue weighted by Crippen LogP contribution is -2.36. The van der Waals surface area contributed by atoms with Gasteiger partial charge >= 0.3 is 0 Å². The van der Waals surface area contributed by atoms with E-state index in [1.807, 2.05) is 18.9 Å². The molecular formula is C24H26N6O. The van der Waals surface area contributed by atoms with Crippen LogP contribution < -0.4 is 20.4 Å². The Kier molecular flexibility index (Phi) is 4.94. The molecule has 0 radical (unpaired) electrons. The molecule has 0 spiro atoms. The smallest absolute Gasteiger partial charge is 0.244 e. The number of aryl methyl sites for hydroxylation is 1. The number of nitrogens with one attached hydrogen (secondary N) is 2. The van der Waals surface area contributed by atoms with Gasteiger partial charge in [-0.2, -0.15) is 4.98 Å². The van der Waals surface area contributed by atoms with E-state index in [9.17, 15) is 4.79 Å². The van der Waals surface area contributed by atoms with Crippen molar-refractivity contribution in [2.45, 2.75) is 26.4 Å². The molecule has 0 aliphatic carbocycles. The zero-order chi connectivity index (χ0) is 21.4. The molecule has 0 saturated carbocycles. The third-order valence-corrected chi connectivity index (χ3v) is 5.91. The Labute approximate surface area is 182 Å². The number of fused-ring (bicyclic) bond motifs is 2. The number of anilines is 4. The number of likely N-dealkylation sites (N-methyl/N-ethyl adjacent to an activating group) is 1. The highest BCUT2D eigenvalue weighted by Gasteiger charge is 2.24. The van der Waals surface area contributed by atoms with E-state index in [1.165, 1.54) is 22.4 Å². The zero-order valence-corrected chi connectivity index (χ0v) is 17.9. The van der Waals surface area contributed by atoms with E-state index in [2.05, 4.69) is 74.0 Å². The zero-order valence-electron chi connectivity index (χ0n) is 17.9. The van der Waals surface area contributed by atoms with Crippen molar-refractivity contribution in [1.82, 2.24) is 9.97 Å². The van der Waals surface area contributed by atoms with Crippen LogP contribution >= 0.6 is 0 Å². The maximum atomic E-state index is 11.8. The van der Waals surface area contributed by atoms with Crippen molar-refractivity contribution in [3.63, 3.8) is 0 Å². The first-order valence-corrected chi connectivity index (χ1v) is 10.6. The third-order valence-electron chi connectivity index (χ3n) is 5.91. The van der Waals surface area contributed by atoms with Crippen molar-refractivity contribution < 1.29 is 4.79 Å². The highest BCUT2D eigenvalue weighted by atomic mass is 16.2. The summed E-state index contributed by atoms with van der Waals surface area (Å²) in [6.45, 7) is 4.83. The Morgan fingerprint density at radius 1 is 1.06 bits per heavy atom. The van der Waals surface area contributed by atoms with Gasteiger partial charge in [-0.15, -0.1) is 0 Å². The van der Waals surface area contributed by atoms with Crippen LogP contribution in [0.3, 0.4) is 0 Å². The molecule has 0 unspecified atom stereocenters. The molecule has 7 heteroatoms. The maximum Gasteiger partial charge on any atom is 0.244 e. The molecule has 158 valence electrons. The average Bonchev–Trinajstić information content (AvgIpc) is 3.17. The van der Waals surface area contributed by atoms with Gasteiger partial charge in [-0.3, -0.25) is 4.79 Å². The van der Waals surface area contributed by atoms with E-state index in [0.717, 1.165) is 31.0 Å². The van der Waals surface area contributed by atoms with Crippen LogP contribution in [0.4, 0.5) is 23.1 Å². The van der Waals surface area contributed by atoms with E-state index in [0.29, 0.717) is 24.7 Å². The summed E-state index contributed by atoms with van der Waals surface area (Å²) < 4.78 is 0. The highest BCUT2D eigenvalue weighted by Crippen LogP contribution is 2.30. The van der Waals surface area contributed by atoms with Gasteiger partial charge in [0.1, 0.15) is 5.69 Å². The normalized spacial score (nSPS) is 14.8. The molecule has 3 aromatic rings. The Morgan fingerprint density at radius 3 is 2.68 bits per heavy atom. The largest absolute Gasteiger partial charge is 0.367 e. The van der Waals surface area contributed by atoms with Gasteiger partial charge in [-0.05, 0) is 36.1 Å². The number of aromatic nitrogens is 2. The molecule has 2 aliphatic heterocycles. The van der Waals surface area contributed by atoms with Crippen LogP contribution in [0.5, 0.6) is 0 Å². The molecule has 0 saturated heterocycles. The van der Waals surface area contributed by atoms with Crippen LogP contribution in [0, 0.1) is 6.92 Å². The van der Waals surface area contributed by atoms with E-state index in [1.54, 1.807) is 0 Å². The van der Waals surface area contributed by atoms with Crippen molar-refractivity contribution in [2.75, 3.05) is 40.6 Å². The molecule has 0 bridgehead atoms. The molecule has 31 heavy (non-hydrogen) atoms. The maximum absolute atomic E-state index is 11.8. The number of benzene rings is 2. The summed E-state index contributed by atoms with van der Waals surface area (Å²) in [5, 5.41) is 6.18.